The number of amides is 1. The van der Waals surface area contributed by atoms with Crippen LogP contribution in [0.2, 0.25) is 0 Å². The predicted molar refractivity (Wildman–Crippen MR) is 77.0 cm³/mol. The Morgan fingerprint density at radius 2 is 2.00 bits per heavy atom. The van der Waals surface area contributed by atoms with Crippen molar-refractivity contribution < 1.29 is 9.53 Å². The second-order valence-electron chi connectivity index (χ2n) is 5.85. The van der Waals surface area contributed by atoms with Crippen LogP contribution in [0.1, 0.15) is 39.3 Å². The van der Waals surface area contributed by atoms with Gasteiger partial charge in [0.25, 0.3) is 0 Å². The third kappa shape index (κ3) is 4.24. The number of carbonyl (C=O) groups is 1. The Labute approximate surface area is 115 Å². The number of nitrogens with one attached hydrogen (secondary N) is 1. The van der Waals surface area contributed by atoms with Crippen LogP contribution in [0.25, 0.3) is 0 Å². The van der Waals surface area contributed by atoms with E-state index < -0.39 is 6.04 Å². The maximum absolute atomic E-state index is 12.1. The van der Waals surface area contributed by atoms with Crippen molar-refractivity contribution >= 4 is 5.91 Å². The second-order valence-corrected chi connectivity index (χ2v) is 5.85. The Bertz CT molecular complexity index is 438. The fourth-order valence-corrected chi connectivity index (χ4v) is 1.69. The van der Waals surface area contributed by atoms with E-state index in [1.54, 1.807) is 7.11 Å². The molecule has 1 aromatic rings. The number of hydrogen-bond donors (Lipinski definition) is 2. The van der Waals surface area contributed by atoms with Gasteiger partial charge >= 0.3 is 0 Å². The van der Waals surface area contributed by atoms with Crippen molar-refractivity contribution in [2.75, 3.05) is 7.11 Å². The summed E-state index contributed by atoms with van der Waals surface area (Å²) in [5.74, 6) is 0.640. The largest absolute Gasteiger partial charge is 0.497 e. The number of benzene rings is 1. The van der Waals surface area contributed by atoms with Gasteiger partial charge < -0.3 is 15.8 Å². The first-order valence-corrected chi connectivity index (χ1v) is 6.45. The van der Waals surface area contributed by atoms with Gasteiger partial charge in [-0.25, -0.2) is 0 Å². The van der Waals surface area contributed by atoms with Crippen LogP contribution < -0.4 is 15.8 Å². The number of rotatable bonds is 4. The van der Waals surface area contributed by atoms with Gasteiger partial charge in [-0.05, 0) is 30.0 Å². The molecule has 1 amide bonds. The zero-order valence-corrected chi connectivity index (χ0v) is 12.4. The molecule has 0 radical (unpaired) electrons. The molecule has 4 nitrogen and oxygen atoms in total. The molecule has 0 aliphatic rings. The molecule has 1 aromatic carbocycles. The average Bonchev–Trinajstić information content (AvgIpc) is 2.36. The van der Waals surface area contributed by atoms with E-state index in [1.807, 2.05) is 52.0 Å². The topological polar surface area (TPSA) is 64.3 Å². The van der Waals surface area contributed by atoms with Crippen molar-refractivity contribution in [2.24, 2.45) is 11.1 Å². The number of ether oxygens (including phenoxy) is 1. The fourth-order valence-electron chi connectivity index (χ4n) is 1.69. The molecule has 2 unspecified atom stereocenters. The van der Waals surface area contributed by atoms with Crippen molar-refractivity contribution in [2.45, 2.75) is 39.8 Å². The second kappa shape index (κ2) is 6.06. The first-order valence-electron chi connectivity index (χ1n) is 6.45. The summed E-state index contributed by atoms with van der Waals surface area (Å²) >= 11 is 0. The zero-order valence-electron chi connectivity index (χ0n) is 12.4. The normalized spacial score (nSPS) is 14.6. The molecule has 0 saturated carbocycles. The standard InChI is InChI=1S/C15H24N2O2/c1-10(11-7-6-8-12(9-11)19-5)17-14(18)13(16)15(2,3)4/h6-10,13H,16H2,1-5H3,(H,17,18). The van der Waals surface area contributed by atoms with Crippen molar-refractivity contribution in [3.63, 3.8) is 0 Å². The SMILES string of the molecule is COc1cccc(C(C)NC(=O)C(N)C(C)(C)C)c1. The van der Waals surface area contributed by atoms with Gasteiger partial charge in [-0.3, -0.25) is 4.79 Å². The zero-order chi connectivity index (χ0) is 14.6. The summed E-state index contributed by atoms with van der Waals surface area (Å²) in [5.41, 5.74) is 6.68. The minimum atomic E-state index is -0.527. The van der Waals surface area contributed by atoms with Crippen LogP contribution in [0.3, 0.4) is 0 Å². The summed E-state index contributed by atoms with van der Waals surface area (Å²) in [7, 11) is 1.62. The van der Waals surface area contributed by atoms with Gasteiger partial charge in [0.05, 0.1) is 19.2 Å². The van der Waals surface area contributed by atoms with Crippen LogP contribution >= 0.6 is 0 Å². The van der Waals surface area contributed by atoms with Crippen molar-refractivity contribution in [3.05, 3.63) is 29.8 Å². The van der Waals surface area contributed by atoms with Gasteiger partial charge in [0, 0.05) is 0 Å². The summed E-state index contributed by atoms with van der Waals surface area (Å²) in [6, 6.07) is 7.01. The van der Waals surface area contributed by atoms with E-state index in [0.717, 1.165) is 11.3 Å². The molecular weight excluding hydrogens is 240 g/mol. The monoisotopic (exact) mass is 264 g/mol. The van der Waals surface area contributed by atoms with Crippen LogP contribution in [0.4, 0.5) is 0 Å². The number of nitrogens with two attached hydrogens (primary N) is 1. The summed E-state index contributed by atoms with van der Waals surface area (Å²) in [6.45, 7) is 7.79. The molecular formula is C15H24N2O2. The number of hydrogen-bond acceptors (Lipinski definition) is 3. The third-order valence-corrected chi connectivity index (χ3v) is 3.17. The lowest BCUT2D eigenvalue weighted by Gasteiger charge is -2.27. The third-order valence-electron chi connectivity index (χ3n) is 3.17. The number of methoxy groups -OCH3 is 1. The van der Waals surface area contributed by atoms with Gasteiger partial charge in [-0.1, -0.05) is 32.9 Å². The molecule has 0 bridgehead atoms. The Hall–Kier alpha value is -1.55. The molecule has 1 rings (SSSR count). The molecule has 0 fully saturated rings. The quantitative estimate of drug-likeness (QED) is 0.876. The van der Waals surface area contributed by atoms with Crippen molar-refractivity contribution in [1.82, 2.24) is 5.32 Å². The molecule has 0 aliphatic heterocycles. The molecule has 0 heterocycles. The summed E-state index contributed by atoms with van der Waals surface area (Å²) in [4.78, 5) is 12.1. The number of carbonyl (C=O) groups excluding carboxylic acids is 1. The molecule has 0 aromatic heterocycles. The van der Waals surface area contributed by atoms with E-state index >= 15 is 0 Å². The first kappa shape index (κ1) is 15.5. The molecule has 106 valence electrons. The smallest absolute Gasteiger partial charge is 0.237 e. The maximum Gasteiger partial charge on any atom is 0.237 e. The summed E-state index contributed by atoms with van der Waals surface area (Å²) in [6.07, 6.45) is 0. The Kier molecular flexibility index (Phi) is 4.95. The Morgan fingerprint density at radius 3 is 2.53 bits per heavy atom. The van der Waals surface area contributed by atoms with E-state index in [1.165, 1.54) is 0 Å². The van der Waals surface area contributed by atoms with E-state index in [2.05, 4.69) is 5.32 Å². The van der Waals surface area contributed by atoms with Crippen molar-refractivity contribution in [3.8, 4) is 5.75 Å². The fraction of sp³-hybridized carbons (Fsp3) is 0.533. The molecule has 2 atom stereocenters. The highest BCUT2D eigenvalue weighted by molar-refractivity contribution is 5.82. The van der Waals surface area contributed by atoms with Crippen LogP contribution in [0, 0.1) is 5.41 Å². The lowest BCUT2D eigenvalue weighted by Crippen LogP contribution is -2.49. The van der Waals surface area contributed by atoms with Gasteiger partial charge in [-0.2, -0.15) is 0 Å². The van der Waals surface area contributed by atoms with E-state index in [0.29, 0.717) is 0 Å². The van der Waals surface area contributed by atoms with Crippen LogP contribution in [-0.2, 0) is 4.79 Å². The van der Waals surface area contributed by atoms with Gasteiger partial charge in [0.15, 0.2) is 0 Å². The highest BCUT2D eigenvalue weighted by Crippen LogP contribution is 2.21. The van der Waals surface area contributed by atoms with Gasteiger partial charge in [0.2, 0.25) is 5.91 Å². The summed E-state index contributed by atoms with van der Waals surface area (Å²) < 4.78 is 5.17. The lowest BCUT2D eigenvalue weighted by atomic mass is 9.86. The predicted octanol–water partition coefficient (Wildman–Crippen LogP) is 2.25. The maximum atomic E-state index is 12.1. The molecule has 4 heteroatoms. The average molecular weight is 264 g/mol. The first-order chi connectivity index (χ1) is 8.75. The van der Waals surface area contributed by atoms with Crippen LogP contribution in [-0.4, -0.2) is 19.1 Å². The molecule has 3 N–H and O–H groups in total. The van der Waals surface area contributed by atoms with Gasteiger partial charge in [0.1, 0.15) is 5.75 Å². The summed E-state index contributed by atoms with van der Waals surface area (Å²) in [5, 5.41) is 2.93. The Balaban J connectivity index is 2.74. The van der Waals surface area contributed by atoms with Crippen LogP contribution in [0.15, 0.2) is 24.3 Å². The molecule has 0 aliphatic carbocycles. The minimum absolute atomic E-state index is 0.101. The van der Waals surface area contributed by atoms with Crippen molar-refractivity contribution in [1.29, 1.82) is 0 Å². The lowest BCUT2D eigenvalue weighted by molar-refractivity contribution is -0.125. The van der Waals surface area contributed by atoms with E-state index in [4.69, 9.17) is 10.5 Å². The molecule has 19 heavy (non-hydrogen) atoms. The highest BCUT2D eigenvalue weighted by atomic mass is 16.5. The van der Waals surface area contributed by atoms with E-state index in [-0.39, 0.29) is 17.4 Å². The minimum Gasteiger partial charge on any atom is -0.497 e. The molecule has 0 spiro atoms. The highest BCUT2D eigenvalue weighted by Gasteiger charge is 2.28. The Morgan fingerprint density at radius 1 is 1.37 bits per heavy atom. The van der Waals surface area contributed by atoms with Gasteiger partial charge in [-0.15, -0.1) is 0 Å². The van der Waals surface area contributed by atoms with E-state index in [9.17, 15) is 4.79 Å². The van der Waals surface area contributed by atoms with Crippen LogP contribution in [0.5, 0.6) is 5.75 Å². The molecule has 0 saturated heterocycles.